The summed E-state index contributed by atoms with van der Waals surface area (Å²) in [6.07, 6.45) is 5.69. The highest BCUT2D eigenvalue weighted by molar-refractivity contribution is 7.12. The predicted octanol–water partition coefficient (Wildman–Crippen LogP) is 3.87. The van der Waals surface area contributed by atoms with E-state index in [2.05, 4.69) is 25.2 Å². The number of nitrogens with one attached hydrogen (secondary N) is 1. The summed E-state index contributed by atoms with van der Waals surface area (Å²) < 4.78 is 6.10. The Kier molecular flexibility index (Phi) is 5.22. The summed E-state index contributed by atoms with van der Waals surface area (Å²) in [4.78, 5) is 2.81. The molecule has 2 atom stereocenters. The Balaban J connectivity index is 1.85. The summed E-state index contributed by atoms with van der Waals surface area (Å²) in [5.74, 6) is 0.840. The summed E-state index contributed by atoms with van der Waals surface area (Å²) in [6.45, 7) is 6.30. The molecule has 0 aliphatic heterocycles. The van der Waals surface area contributed by atoms with E-state index >= 15 is 0 Å². The number of ether oxygens (including phenoxy) is 1. The van der Waals surface area contributed by atoms with Gasteiger partial charge in [0.05, 0.1) is 12.7 Å². The molecule has 0 saturated heterocycles. The molecule has 1 aliphatic rings. The van der Waals surface area contributed by atoms with E-state index in [1.165, 1.54) is 41.0 Å². The van der Waals surface area contributed by atoms with Gasteiger partial charge in [-0.1, -0.05) is 19.8 Å². The molecule has 0 aromatic carbocycles. The monoisotopic (exact) mass is 267 g/mol. The number of thiophene rings is 1. The maximum Gasteiger partial charge on any atom is 0.0731 e. The molecule has 1 fully saturated rings. The van der Waals surface area contributed by atoms with E-state index in [0.717, 1.165) is 19.1 Å². The molecule has 0 bridgehead atoms. The van der Waals surface area contributed by atoms with Gasteiger partial charge in [-0.05, 0) is 44.4 Å². The van der Waals surface area contributed by atoms with Crippen LogP contribution in [0.1, 0.15) is 47.9 Å². The van der Waals surface area contributed by atoms with E-state index in [-0.39, 0.29) is 0 Å². The standard InChI is InChI=1S/C15H25NOS/c1-11-5-4-6-14(7-11)17-10-13-8-15(9-16-3)18-12(13)2/h8,11,14,16H,4-7,9-10H2,1-3H3. The molecule has 1 N–H and O–H groups in total. The van der Waals surface area contributed by atoms with Crippen molar-refractivity contribution in [3.05, 3.63) is 21.4 Å². The molecule has 0 radical (unpaired) electrons. The fourth-order valence-electron chi connectivity index (χ4n) is 2.73. The first-order valence-electron chi connectivity index (χ1n) is 7.03. The zero-order valence-corrected chi connectivity index (χ0v) is 12.6. The van der Waals surface area contributed by atoms with Crippen LogP contribution in [0.2, 0.25) is 0 Å². The van der Waals surface area contributed by atoms with E-state index < -0.39 is 0 Å². The molecule has 3 heteroatoms. The molecule has 1 aromatic heterocycles. The zero-order chi connectivity index (χ0) is 13.0. The Bertz CT molecular complexity index is 375. The van der Waals surface area contributed by atoms with E-state index in [0.29, 0.717) is 6.10 Å². The van der Waals surface area contributed by atoms with Crippen molar-refractivity contribution in [2.24, 2.45) is 5.92 Å². The lowest BCUT2D eigenvalue weighted by Gasteiger charge is -2.26. The van der Waals surface area contributed by atoms with Gasteiger partial charge in [0, 0.05) is 16.3 Å². The molecule has 102 valence electrons. The molecule has 18 heavy (non-hydrogen) atoms. The minimum Gasteiger partial charge on any atom is -0.373 e. The van der Waals surface area contributed by atoms with Crippen LogP contribution in [-0.2, 0) is 17.9 Å². The maximum absolute atomic E-state index is 6.10. The average molecular weight is 267 g/mol. The van der Waals surface area contributed by atoms with Gasteiger partial charge in [0.25, 0.3) is 0 Å². The molecule has 1 saturated carbocycles. The first kappa shape index (κ1) is 14.0. The van der Waals surface area contributed by atoms with Crippen molar-refractivity contribution in [2.45, 2.75) is 58.8 Å². The Morgan fingerprint density at radius 1 is 1.44 bits per heavy atom. The first-order valence-corrected chi connectivity index (χ1v) is 7.85. The maximum atomic E-state index is 6.10. The lowest BCUT2D eigenvalue weighted by atomic mass is 9.89. The molecule has 0 spiro atoms. The quantitative estimate of drug-likeness (QED) is 0.874. The molecule has 2 rings (SSSR count). The predicted molar refractivity (Wildman–Crippen MR) is 78.0 cm³/mol. The number of hydrogen-bond donors (Lipinski definition) is 1. The minimum absolute atomic E-state index is 0.487. The van der Waals surface area contributed by atoms with E-state index in [9.17, 15) is 0 Å². The van der Waals surface area contributed by atoms with Crippen LogP contribution in [0.25, 0.3) is 0 Å². The average Bonchev–Trinajstić information content (AvgIpc) is 2.68. The topological polar surface area (TPSA) is 21.3 Å². The van der Waals surface area contributed by atoms with Crippen molar-refractivity contribution in [1.82, 2.24) is 5.32 Å². The molecule has 1 heterocycles. The zero-order valence-electron chi connectivity index (χ0n) is 11.8. The summed E-state index contributed by atoms with van der Waals surface area (Å²) in [7, 11) is 1.99. The third-order valence-electron chi connectivity index (χ3n) is 3.79. The molecule has 2 nitrogen and oxygen atoms in total. The first-order chi connectivity index (χ1) is 8.69. The van der Waals surface area contributed by atoms with E-state index in [1.807, 2.05) is 18.4 Å². The molecular weight excluding hydrogens is 242 g/mol. The van der Waals surface area contributed by atoms with Crippen LogP contribution in [0.15, 0.2) is 6.07 Å². The second kappa shape index (κ2) is 6.69. The Morgan fingerprint density at radius 2 is 2.28 bits per heavy atom. The van der Waals surface area contributed by atoms with Crippen molar-refractivity contribution < 1.29 is 4.74 Å². The highest BCUT2D eigenvalue weighted by Crippen LogP contribution is 2.28. The third kappa shape index (κ3) is 3.81. The van der Waals surface area contributed by atoms with Gasteiger partial charge in [-0.3, -0.25) is 0 Å². The number of hydrogen-bond acceptors (Lipinski definition) is 3. The smallest absolute Gasteiger partial charge is 0.0731 e. The molecule has 1 aliphatic carbocycles. The summed E-state index contributed by atoms with van der Waals surface area (Å²) in [5.41, 5.74) is 1.38. The Labute approximate surface area is 115 Å². The van der Waals surface area contributed by atoms with Crippen molar-refractivity contribution in [2.75, 3.05) is 7.05 Å². The van der Waals surface area contributed by atoms with Crippen LogP contribution >= 0.6 is 11.3 Å². The normalized spacial score (nSPS) is 24.4. The van der Waals surface area contributed by atoms with Gasteiger partial charge in [-0.25, -0.2) is 0 Å². The lowest BCUT2D eigenvalue weighted by molar-refractivity contribution is 0.00462. The van der Waals surface area contributed by atoms with E-state index in [1.54, 1.807) is 0 Å². The van der Waals surface area contributed by atoms with Crippen LogP contribution in [0.5, 0.6) is 0 Å². The largest absolute Gasteiger partial charge is 0.373 e. The van der Waals surface area contributed by atoms with Crippen LogP contribution in [-0.4, -0.2) is 13.2 Å². The SMILES string of the molecule is CNCc1cc(COC2CCCC(C)C2)c(C)s1. The van der Waals surface area contributed by atoms with Crippen LogP contribution in [0.4, 0.5) is 0 Å². The summed E-state index contributed by atoms with van der Waals surface area (Å²) in [6, 6.07) is 2.29. The molecular formula is C15H25NOS. The summed E-state index contributed by atoms with van der Waals surface area (Å²) in [5, 5.41) is 3.21. The Hall–Kier alpha value is -0.380. The van der Waals surface area contributed by atoms with Gasteiger partial charge in [0.15, 0.2) is 0 Å². The molecule has 2 unspecified atom stereocenters. The number of rotatable bonds is 5. The molecule has 1 aromatic rings. The molecule has 0 amide bonds. The lowest BCUT2D eigenvalue weighted by Crippen LogP contribution is -2.21. The van der Waals surface area contributed by atoms with Crippen molar-refractivity contribution in [3.8, 4) is 0 Å². The van der Waals surface area contributed by atoms with Gasteiger partial charge in [-0.2, -0.15) is 0 Å². The van der Waals surface area contributed by atoms with Gasteiger partial charge < -0.3 is 10.1 Å². The fourth-order valence-corrected chi connectivity index (χ4v) is 3.79. The highest BCUT2D eigenvalue weighted by atomic mass is 32.1. The van der Waals surface area contributed by atoms with E-state index in [4.69, 9.17) is 4.74 Å². The fraction of sp³-hybridized carbons (Fsp3) is 0.733. The second-order valence-corrected chi connectivity index (χ2v) is 6.87. The second-order valence-electron chi connectivity index (χ2n) is 5.53. The van der Waals surface area contributed by atoms with Gasteiger partial charge in [-0.15, -0.1) is 11.3 Å². The van der Waals surface area contributed by atoms with Crippen LogP contribution < -0.4 is 5.32 Å². The van der Waals surface area contributed by atoms with Gasteiger partial charge >= 0.3 is 0 Å². The minimum atomic E-state index is 0.487. The Morgan fingerprint density at radius 3 is 3.00 bits per heavy atom. The van der Waals surface area contributed by atoms with Crippen molar-refractivity contribution in [1.29, 1.82) is 0 Å². The third-order valence-corrected chi connectivity index (χ3v) is 4.88. The van der Waals surface area contributed by atoms with Gasteiger partial charge in [0.1, 0.15) is 0 Å². The van der Waals surface area contributed by atoms with Crippen LogP contribution in [0.3, 0.4) is 0 Å². The van der Waals surface area contributed by atoms with Gasteiger partial charge in [0.2, 0.25) is 0 Å². The number of aryl methyl sites for hydroxylation is 1. The highest BCUT2D eigenvalue weighted by Gasteiger charge is 2.19. The van der Waals surface area contributed by atoms with Crippen LogP contribution in [0, 0.1) is 12.8 Å². The van der Waals surface area contributed by atoms with Crippen molar-refractivity contribution >= 4 is 11.3 Å². The van der Waals surface area contributed by atoms with Crippen molar-refractivity contribution in [3.63, 3.8) is 0 Å². The summed E-state index contributed by atoms with van der Waals surface area (Å²) >= 11 is 1.88.